The lowest BCUT2D eigenvalue weighted by atomic mass is 10.4. The lowest BCUT2D eigenvalue weighted by Crippen LogP contribution is -1.96. The second-order valence-corrected chi connectivity index (χ2v) is 3.15. The Kier molecular flexibility index (Phi) is 9.71. The van der Waals surface area contributed by atoms with Crippen LogP contribution in [0, 0.1) is 0 Å². The molecule has 1 aromatic carbocycles. The van der Waals surface area contributed by atoms with E-state index < -0.39 is 10.1 Å². The van der Waals surface area contributed by atoms with Crippen LogP contribution in [0.25, 0.3) is 0 Å². The van der Waals surface area contributed by atoms with E-state index in [0.29, 0.717) is 0 Å². The first-order valence-electron chi connectivity index (χ1n) is 4.61. The van der Waals surface area contributed by atoms with E-state index in [9.17, 15) is 13.0 Å². The van der Waals surface area contributed by atoms with Crippen molar-refractivity contribution >= 4 is 10.1 Å². The van der Waals surface area contributed by atoms with Crippen LogP contribution in [0.4, 0.5) is 0 Å². The van der Waals surface area contributed by atoms with Crippen LogP contribution in [-0.2, 0) is 10.1 Å². The number of hydrogen-bond acceptors (Lipinski definition) is 3. The molecule has 14 heavy (non-hydrogen) atoms. The lowest BCUT2D eigenvalue weighted by Gasteiger charge is -2.04. The summed E-state index contributed by atoms with van der Waals surface area (Å²) in [5.41, 5.74) is 0. The predicted octanol–water partition coefficient (Wildman–Crippen LogP) is 2.64. The molecule has 0 saturated heterocycles. The Labute approximate surface area is 86.5 Å². The summed E-state index contributed by atoms with van der Waals surface area (Å²) < 4.78 is 30.8. The maximum absolute atomic E-state index is 10.3. The summed E-state index contributed by atoms with van der Waals surface area (Å²) in [6.45, 7) is 8.00. The average molecular weight is 217 g/mol. The van der Waals surface area contributed by atoms with Gasteiger partial charge in [0.05, 0.1) is 4.90 Å². The Morgan fingerprint density at radius 2 is 1.29 bits per heavy atom. The summed E-state index contributed by atoms with van der Waals surface area (Å²) in [6, 6.07) is 7.19. The quantitative estimate of drug-likeness (QED) is 0.679. The topological polar surface area (TPSA) is 57.2 Å². The number of rotatable bonds is 1. The van der Waals surface area contributed by atoms with Gasteiger partial charge in [-0.2, -0.15) is 0 Å². The van der Waals surface area contributed by atoms with E-state index in [-0.39, 0.29) is 4.90 Å². The van der Waals surface area contributed by atoms with Crippen molar-refractivity contribution in [2.45, 2.75) is 32.6 Å². The van der Waals surface area contributed by atoms with Crippen molar-refractivity contribution in [3.05, 3.63) is 30.3 Å². The first-order valence-corrected chi connectivity index (χ1v) is 6.02. The molecule has 0 atom stereocenters. The summed E-state index contributed by atoms with van der Waals surface area (Å²) in [5, 5.41) is 0. The van der Waals surface area contributed by atoms with Gasteiger partial charge in [0, 0.05) is 0 Å². The van der Waals surface area contributed by atoms with Gasteiger partial charge in [-0.1, -0.05) is 45.9 Å². The van der Waals surface area contributed by atoms with E-state index in [0.717, 1.165) is 0 Å². The molecule has 0 aliphatic rings. The number of benzene rings is 1. The molecule has 0 aromatic heterocycles. The molecule has 0 radical (unpaired) electrons. The van der Waals surface area contributed by atoms with E-state index in [1.54, 1.807) is 6.07 Å². The Morgan fingerprint density at radius 3 is 1.50 bits per heavy atom. The molecule has 0 bridgehead atoms. The second-order valence-electron chi connectivity index (χ2n) is 1.77. The van der Waals surface area contributed by atoms with Crippen molar-refractivity contribution in [2.75, 3.05) is 0 Å². The molecule has 4 heteroatoms. The van der Waals surface area contributed by atoms with Crippen LogP contribution in [0.2, 0.25) is 0 Å². The minimum atomic E-state index is -4.25. The van der Waals surface area contributed by atoms with Gasteiger partial charge in [0.25, 0.3) is 0 Å². The van der Waals surface area contributed by atoms with Gasteiger partial charge in [-0.05, 0) is 12.1 Å². The third-order valence-corrected chi connectivity index (χ3v) is 1.88. The monoisotopic (exact) mass is 217 g/mol. The van der Waals surface area contributed by atoms with Crippen molar-refractivity contribution in [3.8, 4) is 0 Å². The first kappa shape index (κ1) is 15.6. The molecule has 1 rings (SSSR count). The highest BCUT2D eigenvalue weighted by atomic mass is 32.2. The molecule has 0 spiro atoms. The molecule has 0 unspecified atom stereocenters. The highest BCUT2D eigenvalue weighted by Gasteiger charge is 1.95. The largest absolute Gasteiger partial charge is 0.744 e. The lowest BCUT2D eigenvalue weighted by molar-refractivity contribution is 0.463. The Balaban J connectivity index is 0. The van der Waals surface area contributed by atoms with Gasteiger partial charge in [0.15, 0.2) is 0 Å². The fourth-order valence-corrected chi connectivity index (χ4v) is 1.08. The fourth-order valence-electron chi connectivity index (χ4n) is 0.587. The van der Waals surface area contributed by atoms with Crippen LogP contribution in [0.5, 0.6) is 0 Å². The molecule has 3 nitrogen and oxygen atoms in total. The standard InChI is InChI=1S/C6H6O3S.2C2H6/c7-10(8,9)6-4-2-1-3-5-6;2*1-2/h1-5H,(H,7,8,9);2*1-2H3/p-1. The molecule has 0 aliphatic heterocycles. The van der Waals surface area contributed by atoms with Crippen molar-refractivity contribution in [1.29, 1.82) is 0 Å². The Hall–Kier alpha value is -0.870. The van der Waals surface area contributed by atoms with Gasteiger partial charge in [0.2, 0.25) is 0 Å². The van der Waals surface area contributed by atoms with Crippen molar-refractivity contribution in [1.82, 2.24) is 0 Å². The summed E-state index contributed by atoms with van der Waals surface area (Å²) in [7, 11) is -4.25. The van der Waals surface area contributed by atoms with Gasteiger partial charge in [0.1, 0.15) is 10.1 Å². The third-order valence-electron chi connectivity index (χ3n) is 1.03. The molecule has 0 aliphatic carbocycles. The molecular weight excluding hydrogens is 200 g/mol. The van der Waals surface area contributed by atoms with Crippen LogP contribution in [0.3, 0.4) is 0 Å². The van der Waals surface area contributed by atoms with Crippen molar-refractivity contribution < 1.29 is 13.0 Å². The zero-order chi connectivity index (χ0) is 11.6. The van der Waals surface area contributed by atoms with E-state index in [1.807, 2.05) is 27.7 Å². The molecule has 1 aromatic rings. The van der Waals surface area contributed by atoms with E-state index in [1.165, 1.54) is 24.3 Å². The summed E-state index contributed by atoms with van der Waals surface area (Å²) >= 11 is 0. The molecule has 82 valence electrons. The van der Waals surface area contributed by atoms with Crippen molar-refractivity contribution in [3.63, 3.8) is 0 Å². The van der Waals surface area contributed by atoms with Gasteiger partial charge >= 0.3 is 0 Å². The highest BCUT2D eigenvalue weighted by Crippen LogP contribution is 2.04. The first-order chi connectivity index (χ1) is 6.61. The minimum Gasteiger partial charge on any atom is -0.744 e. The molecule has 0 heterocycles. The summed E-state index contributed by atoms with van der Waals surface area (Å²) in [4.78, 5) is -0.185. The van der Waals surface area contributed by atoms with Gasteiger partial charge in [-0.3, -0.25) is 0 Å². The zero-order valence-electron chi connectivity index (χ0n) is 9.02. The third kappa shape index (κ3) is 6.62. The molecule has 0 N–H and O–H groups in total. The zero-order valence-corrected chi connectivity index (χ0v) is 9.84. The van der Waals surface area contributed by atoms with Gasteiger partial charge in [-0.25, -0.2) is 8.42 Å². The fraction of sp³-hybridized carbons (Fsp3) is 0.400. The van der Waals surface area contributed by atoms with Gasteiger partial charge in [-0.15, -0.1) is 0 Å². The van der Waals surface area contributed by atoms with Crippen LogP contribution in [0.15, 0.2) is 35.2 Å². The molecule has 0 saturated carbocycles. The Morgan fingerprint density at radius 1 is 0.929 bits per heavy atom. The van der Waals surface area contributed by atoms with Crippen LogP contribution in [0.1, 0.15) is 27.7 Å². The molecular formula is C10H17O3S-. The maximum Gasteiger partial charge on any atom is 0.124 e. The van der Waals surface area contributed by atoms with Gasteiger partial charge < -0.3 is 4.55 Å². The SMILES string of the molecule is CC.CC.O=S(=O)([O-])c1ccccc1. The highest BCUT2D eigenvalue weighted by molar-refractivity contribution is 7.85. The van der Waals surface area contributed by atoms with Crippen molar-refractivity contribution in [2.24, 2.45) is 0 Å². The minimum absolute atomic E-state index is 0.185. The smallest absolute Gasteiger partial charge is 0.124 e. The summed E-state index contributed by atoms with van der Waals surface area (Å²) in [5.74, 6) is 0. The normalized spacial score (nSPS) is 8.93. The predicted molar refractivity (Wildman–Crippen MR) is 57.1 cm³/mol. The van der Waals surface area contributed by atoms with E-state index in [2.05, 4.69) is 0 Å². The van der Waals surface area contributed by atoms with E-state index >= 15 is 0 Å². The maximum atomic E-state index is 10.3. The molecule has 0 fully saturated rings. The summed E-state index contributed by atoms with van der Waals surface area (Å²) in [6.07, 6.45) is 0. The second kappa shape index (κ2) is 8.72. The van der Waals surface area contributed by atoms with Crippen LogP contribution in [-0.4, -0.2) is 13.0 Å². The van der Waals surface area contributed by atoms with Crippen LogP contribution >= 0.6 is 0 Å². The van der Waals surface area contributed by atoms with E-state index in [4.69, 9.17) is 0 Å². The average Bonchev–Trinajstić information content (AvgIpc) is 2.24. The van der Waals surface area contributed by atoms with Crippen LogP contribution < -0.4 is 0 Å². The number of hydrogen-bond donors (Lipinski definition) is 0. The molecule has 0 amide bonds. The Bertz CT molecular complexity index is 303.